The van der Waals surface area contributed by atoms with Crippen LogP contribution in [0.2, 0.25) is 0 Å². The summed E-state index contributed by atoms with van der Waals surface area (Å²) in [5, 5.41) is 38.1. The molecular weight excluding hydrogens is 276 g/mol. The van der Waals surface area contributed by atoms with Crippen LogP contribution in [-0.2, 0) is 9.47 Å². The Morgan fingerprint density at radius 3 is 2.10 bits per heavy atom. The summed E-state index contributed by atoms with van der Waals surface area (Å²) >= 11 is 0. The Morgan fingerprint density at radius 2 is 1.48 bits per heavy atom. The van der Waals surface area contributed by atoms with Crippen molar-refractivity contribution in [3.63, 3.8) is 0 Å². The summed E-state index contributed by atoms with van der Waals surface area (Å²) in [6, 6.07) is 0. The number of hydrogen-bond acceptors (Lipinski definition) is 6. The summed E-state index contributed by atoms with van der Waals surface area (Å²) in [4.78, 5) is 0. The first-order valence-electron chi connectivity index (χ1n) is 8.04. The molecule has 0 saturated carbocycles. The molecule has 1 saturated heterocycles. The van der Waals surface area contributed by atoms with E-state index in [-0.39, 0.29) is 0 Å². The van der Waals surface area contributed by atoms with Crippen LogP contribution in [0.4, 0.5) is 0 Å². The highest BCUT2D eigenvalue weighted by Gasteiger charge is 2.43. The quantitative estimate of drug-likeness (QED) is 0.440. The van der Waals surface area contributed by atoms with Crippen LogP contribution in [0.1, 0.15) is 51.9 Å². The number of aliphatic hydroxyl groups excluding tert-OH is 4. The van der Waals surface area contributed by atoms with Crippen LogP contribution in [-0.4, -0.2) is 64.3 Å². The van der Waals surface area contributed by atoms with E-state index in [2.05, 4.69) is 6.92 Å². The van der Waals surface area contributed by atoms with E-state index in [0.717, 1.165) is 19.3 Å². The topological polar surface area (TPSA) is 99.4 Å². The second-order valence-corrected chi connectivity index (χ2v) is 5.69. The molecule has 4 N–H and O–H groups in total. The van der Waals surface area contributed by atoms with Crippen LogP contribution in [0, 0.1) is 0 Å². The third kappa shape index (κ3) is 6.18. The predicted molar refractivity (Wildman–Crippen MR) is 77.7 cm³/mol. The minimum Gasteiger partial charge on any atom is -0.394 e. The fourth-order valence-corrected chi connectivity index (χ4v) is 2.46. The number of aliphatic hydroxyl groups is 4. The van der Waals surface area contributed by atoms with E-state index in [1.807, 2.05) is 0 Å². The summed E-state index contributed by atoms with van der Waals surface area (Å²) in [7, 11) is 0. The first-order valence-corrected chi connectivity index (χ1v) is 8.04. The van der Waals surface area contributed by atoms with Gasteiger partial charge in [0.1, 0.15) is 24.4 Å². The zero-order valence-corrected chi connectivity index (χ0v) is 12.9. The van der Waals surface area contributed by atoms with Gasteiger partial charge >= 0.3 is 0 Å². The van der Waals surface area contributed by atoms with Gasteiger partial charge in [-0.3, -0.25) is 0 Å². The maximum Gasteiger partial charge on any atom is 0.186 e. The summed E-state index contributed by atoms with van der Waals surface area (Å²) in [6.45, 7) is 2.19. The van der Waals surface area contributed by atoms with Crippen molar-refractivity contribution in [2.45, 2.75) is 82.6 Å². The molecule has 5 atom stereocenters. The minimum absolute atomic E-state index is 0.427. The van der Waals surface area contributed by atoms with E-state index >= 15 is 0 Å². The van der Waals surface area contributed by atoms with E-state index in [4.69, 9.17) is 14.6 Å². The smallest absolute Gasteiger partial charge is 0.186 e. The van der Waals surface area contributed by atoms with Crippen molar-refractivity contribution < 1.29 is 29.9 Å². The Hall–Kier alpha value is -0.240. The Bertz CT molecular complexity index is 261. The molecule has 0 aliphatic carbocycles. The number of rotatable bonds is 10. The molecule has 0 spiro atoms. The Morgan fingerprint density at radius 1 is 0.857 bits per heavy atom. The second-order valence-electron chi connectivity index (χ2n) is 5.69. The van der Waals surface area contributed by atoms with E-state index in [0.29, 0.717) is 6.61 Å². The average Bonchev–Trinajstić information content (AvgIpc) is 2.49. The van der Waals surface area contributed by atoms with E-state index < -0.39 is 37.3 Å². The summed E-state index contributed by atoms with van der Waals surface area (Å²) in [6.07, 6.45) is 2.20. The highest BCUT2D eigenvalue weighted by atomic mass is 16.7. The summed E-state index contributed by atoms with van der Waals surface area (Å²) in [5.41, 5.74) is 0. The molecule has 1 aliphatic rings. The largest absolute Gasteiger partial charge is 0.394 e. The summed E-state index contributed by atoms with van der Waals surface area (Å²) in [5.74, 6) is 0. The molecule has 0 bridgehead atoms. The molecule has 1 rings (SSSR count). The van der Waals surface area contributed by atoms with Gasteiger partial charge in [-0.25, -0.2) is 0 Å². The van der Waals surface area contributed by atoms with Crippen molar-refractivity contribution in [1.29, 1.82) is 0 Å². The van der Waals surface area contributed by atoms with Gasteiger partial charge in [0.15, 0.2) is 6.29 Å². The molecule has 6 nitrogen and oxygen atoms in total. The molecule has 126 valence electrons. The van der Waals surface area contributed by atoms with Gasteiger partial charge in [0.05, 0.1) is 6.61 Å². The molecule has 1 fully saturated rings. The lowest BCUT2D eigenvalue weighted by Gasteiger charge is -2.39. The molecule has 0 aromatic heterocycles. The van der Waals surface area contributed by atoms with Crippen molar-refractivity contribution in [3.8, 4) is 0 Å². The molecule has 0 radical (unpaired) electrons. The van der Waals surface area contributed by atoms with Crippen LogP contribution < -0.4 is 0 Å². The Balaban J connectivity index is 2.16. The Kier molecular flexibility index (Phi) is 9.39. The molecule has 1 heterocycles. The highest BCUT2D eigenvalue weighted by molar-refractivity contribution is 4.88. The zero-order chi connectivity index (χ0) is 15.7. The summed E-state index contributed by atoms with van der Waals surface area (Å²) < 4.78 is 10.7. The lowest BCUT2D eigenvalue weighted by atomic mass is 9.99. The van der Waals surface area contributed by atoms with Gasteiger partial charge in [0.2, 0.25) is 0 Å². The molecule has 1 aliphatic heterocycles. The van der Waals surface area contributed by atoms with Gasteiger partial charge in [-0.1, -0.05) is 45.4 Å². The van der Waals surface area contributed by atoms with E-state index in [1.54, 1.807) is 0 Å². The molecule has 21 heavy (non-hydrogen) atoms. The third-order valence-electron chi connectivity index (χ3n) is 3.88. The number of unbranched alkanes of at least 4 members (excludes halogenated alkanes) is 6. The van der Waals surface area contributed by atoms with E-state index in [1.165, 1.54) is 25.7 Å². The maximum absolute atomic E-state index is 9.78. The van der Waals surface area contributed by atoms with Gasteiger partial charge in [-0.15, -0.1) is 0 Å². The highest BCUT2D eigenvalue weighted by Crippen LogP contribution is 2.22. The zero-order valence-electron chi connectivity index (χ0n) is 12.9. The van der Waals surface area contributed by atoms with Crippen LogP contribution in [0.5, 0.6) is 0 Å². The van der Waals surface area contributed by atoms with Crippen LogP contribution in [0.3, 0.4) is 0 Å². The van der Waals surface area contributed by atoms with Crippen LogP contribution in [0.15, 0.2) is 0 Å². The first-order chi connectivity index (χ1) is 10.1. The van der Waals surface area contributed by atoms with Gasteiger partial charge in [-0.2, -0.15) is 0 Å². The van der Waals surface area contributed by atoms with Gasteiger partial charge in [0, 0.05) is 6.61 Å². The van der Waals surface area contributed by atoms with Gasteiger partial charge in [-0.05, 0) is 6.42 Å². The molecular formula is C15H30O6. The number of ether oxygens (including phenoxy) is 2. The molecule has 0 amide bonds. The first kappa shape index (κ1) is 18.8. The molecule has 0 aromatic carbocycles. The van der Waals surface area contributed by atoms with Crippen molar-refractivity contribution in [3.05, 3.63) is 0 Å². The lowest BCUT2D eigenvalue weighted by molar-refractivity contribution is -0.301. The SMILES string of the molecule is CCCCCCCCCOC1O[C@H](CO)[C@H](O)[C@H](O)[C@H]1O. The van der Waals surface area contributed by atoms with Crippen molar-refractivity contribution in [2.75, 3.05) is 13.2 Å². The van der Waals surface area contributed by atoms with Crippen LogP contribution >= 0.6 is 0 Å². The second kappa shape index (κ2) is 10.5. The van der Waals surface area contributed by atoms with E-state index in [9.17, 15) is 15.3 Å². The van der Waals surface area contributed by atoms with Crippen molar-refractivity contribution in [1.82, 2.24) is 0 Å². The predicted octanol–water partition coefficient (Wildman–Crippen LogP) is 0.553. The minimum atomic E-state index is -1.37. The van der Waals surface area contributed by atoms with Crippen LogP contribution in [0.25, 0.3) is 0 Å². The molecule has 1 unspecified atom stereocenters. The van der Waals surface area contributed by atoms with Crippen molar-refractivity contribution >= 4 is 0 Å². The number of hydrogen-bond donors (Lipinski definition) is 4. The third-order valence-corrected chi connectivity index (χ3v) is 3.88. The fourth-order valence-electron chi connectivity index (χ4n) is 2.46. The standard InChI is InChI=1S/C15H30O6/c1-2-3-4-5-6-7-8-9-20-15-14(19)13(18)12(17)11(10-16)21-15/h11-19H,2-10H2,1H3/t11-,12+,13+,14-,15?/m1/s1. The molecule has 0 aromatic rings. The maximum atomic E-state index is 9.78. The monoisotopic (exact) mass is 306 g/mol. The Labute approximate surface area is 126 Å². The van der Waals surface area contributed by atoms with Gasteiger partial charge in [0.25, 0.3) is 0 Å². The average molecular weight is 306 g/mol. The molecule has 6 heteroatoms. The normalized spacial score (nSPS) is 33.3. The lowest BCUT2D eigenvalue weighted by Crippen LogP contribution is -2.59. The fraction of sp³-hybridized carbons (Fsp3) is 1.00. The van der Waals surface area contributed by atoms with Gasteiger partial charge < -0.3 is 29.9 Å². The van der Waals surface area contributed by atoms with Crippen molar-refractivity contribution in [2.24, 2.45) is 0 Å².